The minimum Gasteiger partial charge on any atom is -0.460 e. The number of nitrogens with zero attached hydrogens (tertiary/aromatic N) is 1. The van der Waals surface area contributed by atoms with Crippen molar-refractivity contribution < 1.29 is 9.53 Å². The fraction of sp³-hybridized carbons (Fsp3) is 0.421. The molecule has 1 N–H and O–H groups in total. The highest BCUT2D eigenvalue weighted by Gasteiger charge is 2.36. The number of allylic oxidation sites excluding steroid dienone is 2. The molecular weight excluding hydrogens is 288 g/mol. The van der Waals surface area contributed by atoms with E-state index in [0.29, 0.717) is 6.61 Å². The van der Waals surface area contributed by atoms with Crippen LogP contribution in [0.4, 0.5) is 11.4 Å². The number of esters is 1. The van der Waals surface area contributed by atoms with Crippen molar-refractivity contribution in [2.75, 3.05) is 23.9 Å². The third kappa shape index (κ3) is 2.98. The summed E-state index contributed by atoms with van der Waals surface area (Å²) in [6.45, 7) is 2.64. The molecule has 1 saturated heterocycles. The number of fused-ring (bicyclic) bond motifs is 1. The van der Waals surface area contributed by atoms with Gasteiger partial charge in [-0.1, -0.05) is 31.9 Å². The topological polar surface area (TPSA) is 41.6 Å². The molecule has 2 heterocycles. The minimum atomic E-state index is -0.200. The first kappa shape index (κ1) is 15.7. The largest absolute Gasteiger partial charge is 0.460 e. The number of cyclic esters (lactones) is 1. The smallest absolute Gasteiger partial charge is 0.336 e. The van der Waals surface area contributed by atoms with E-state index in [9.17, 15) is 4.79 Å². The normalized spacial score (nSPS) is 19.4. The van der Waals surface area contributed by atoms with Crippen LogP contribution in [-0.2, 0) is 16.0 Å². The zero-order valence-corrected chi connectivity index (χ0v) is 13.8. The van der Waals surface area contributed by atoms with Crippen molar-refractivity contribution in [2.45, 2.75) is 38.6 Å². The van der Waals surface area contributed by atoms with E-state index in [1.54, 1.807) is 0 Å². The van der Waals surface area contributed by atoms with Gasteiger partial charge < -0.3 is 15.0 Å². The number of aryl methyl sites for hydroxylation is 1. The number of nitrogens with one attached hydrogen (secondary N) is 1. The fourth-order valence-corrected chi connectivity index (χ4v) is 3.33. The Morgan fingerprint density at radius 2 is 2.22 bits per heavy atom. The zero-order valence-electron chi connectivity index (χ0n) is 13.8. The van der Waals surface area contributed by atoms with Gasteiger partial charge in [0.2, 0.25) is 0 Å². The van der Waals surface area contributed by atoms with E-state index in [2.05, 4.69) is 35.3 Å². The molecule has 1 unspecified atom stereocenters. The molecule has 2 aliphatic rings. The van der Waals surface area contributed by atoms with E-state index in [1.165, 1.54) is 24.8 Å². The lowest BCUT2D eigenvalue weighted by Gasteiger charge is -2.31. The van der Waals surface area contributed by atoms with Crippen molar-refractivity contribution in [2.24, 2.45) is 0 Å². The lowest BCUT2D eigenvalue weighted by Crippen LogP contribution is -2.34. The van der Waals surface area contributed by atoms with Crippen LogP contribution in [0.5, 0.6) is 0 Å². The Hall–Kier alpha value is -2.23. The molecule has 0 saturated carbocycles. The van der Waals surface area contributed by atoms with E-state index in [-0.39, 0.29) is 12.0 Å². The van der Waals surface area contributed by atoms with Gasteiger partial charge in [0, 0.05) is 13.2 Å². The molecule has 1 fully saturated rings. The lowest BCUT2D eigenvalue weighted by molar-refractivity contribution is -0.135. The fourth-order valence-electron chi connectivity index (χ4n) is 3.33. The summed E-state index contributed by atoms with van der Waals surface area (Å²) >= 11 is 0. The second-order valence-electron chi connectivity index (χ2n) is 6.00. The van der Waals surface area contributed by atoms with Gasteiger partial charge >= 0.3 is 5.97 Å². The summed E-state index contributed by atoms with van der Waals surface area (Å²) in [5.74, 6) is -0.200. The minimum absolute atomic E-state index is 0.0227. The van der Waals surface area contributed by atoms with Crippen LogP contribution in [0.3, 0.4) is 0 Å². The highest BCUT2D eigenvalue weighted by Crippen LogP contribution is 2.36. The van der Waals surface area contributed by atoms with Gasteiger partial charge in [0.25, 0.3) is 0 Å². The summed E-state index contributed by atoms with van der Waals surface area (Å²) in [4.78, 5) is 14.0. The Balaban J connectivity index is 1.90. The molecule has 1 aromatic rings. The van der Waals surface area contributed by atoms with Gasteiger partial charge in [-0.05, 0) is 36.6 Å². The van der Waals surface area contributed by atoms with Crippen LogP contribution in [0.25, 0.3) is 0 Å². The van der Waals surface area contributed by atoms with Crippen LogP contribution in [0.15, 0.2) is 42.1 Å². The maximum absolute atomic E-state index is 11.8. The quantitative estimate of drug-likeness (QED) is 0.643. The molecule has 4 heteroatoms. The number of carbonyl (C=O) groups is 1. The number of carbonyl (C=O) groups excluding carboxylic acids is 1. The summed E-state index contributed by atoms with van der Waals surface area (Å²) in [6.07, 6.45) is 10.5. The molecule has 0 spiro atoms. The molecule has 122 valence electrons. The van der Waals surface area contributed by atoms with Crippen LogP contribution >= 0.6 is 0 Å². The average molecular weight is 312 g/mol. The van der Waals surface area contributed by atoms with E-state index >= 15 is 0 Å². The summed E-state index contributed by atoms with van der Waals surface area (Å²) in [7, 11) is 1.96. The standard InChI is InChI=1S/C19H24N2O2/c1-3-4-5-8-14-9-6-11-16(18(14)20-2)21-12-7-10-15-17(21)13-23-19(15)22/h6-7,9-12,17,20H,3-5,8,13H2,1-2H3. The van der Waals surface area contributed by atoms with Crippen molar-refractivity contribution in [3.05, 3.63) is 47.7 Å². The first-order valence-electron chi connectivity index (χ1n) is 8.39. The number of rotatable bonds is 6. The number of para-hydroxylation sites is 1. The van der Waals surface area contributed by atoms with Gasteiger partial charge in [0.1, 0.15) is 6.61 Å². The van der Waals surface area contributed by atoms with Gasteiger partial charge in [-0.2, -0.15) is 0 Å². The highest BCUT2D eigenvalue weighted by atomic mass is 16.5. The first-order valence-corrected chi connectivity index (χ1v) is 8.39. The Kier molecular flexibility index (Phi) is 4.70. The molecule has 2 aliphatic heterocycles. The molecule has 23 heavy (non-hydrogen) atoms. The maximum atomic E-state index is 11.8. The zero-order chi connectivity index (χ0) is 16.2. The second kappa shape index (κ2) is 6.90. The SMILES string of the molecule is CCCCCc1cccc(N2C=CC=C3C(=O)OCC32)c1NC. The predicted molar refractivity (Wildman–Crippen MR) is 93.7 cm³/mol. The van der Waals surface area contributed by atoms with Crippen LogP contribution < -0.4 is 10.2 Å². The van der Waals surface area contributed by atoms with E-state index < -0.39 is 0 Å². The molecule has 4 nitrogen and oxygen atoms in total. The van der Waals surface area contributed by atoms with E-state index in [0.717, 1.165) is 23.4 Å². The number of anilines is 2. The Morgan fingerprint density at radius 3 is 3.00 bits per heavy atom. The van der Waals surface area contributed by atoms with Gasteiger partial charge in [0.05, 0.1) is 23.0 Å². The molecule has 0 aliphatic carbocycles. The second-order valence-corrected chi connectivity index (χ2v) is 6.00. The third-order valence-corrected chi connectivity index (χ3v) is 4.53. The average Bonchev–Trinajstić information content (AvgIpc) is 2.96. The Labute approximate surface area is 137 Å². The van der Waals surface area contributed by atoms with Gasteiger partial charge in [-0.3, -0.25) is 0 Å². The molecule has 0 amide bonds. The summed E-state index contributed by atoms with van der Waals surface area (Å²) in [6, 6.07) is 6.36. The van der Waals surface area contributed by atoms with Crippen LogP contribution in [0.1, 0.15) is 31.7 Å². The number of hydrogen-bond acceptors (Lipinski definition) is 4. The van der Waals surface area contributed by atoms with Crippen LogP contribution in [-0.4, -0.2) is 25.7 Å². The van der Waals surface area contributed by atoms with Gasteiger partial charge in [-0.25, -0.2) is 4.79 Å². The number of benzene rings is 1. The van der Waals surface area contributed by atoms with Crippen molar-refractivity contribution in [1.29, 1.82) is 0 Å². The lowest BCUT2D eigenvalue weighted by atomic mass is 10.0. The van der Waals surface area contributed by atoms with Crippen LogP contribution in [0.2, 0.25) is 0 Å². The van der Waals surface area contributed by atoms with E-state index in [1.807, 2.05) is 25.4 Å². The summed E-state index contributed by atoms with van der Waals surface area (Å²) in [5.41, 5.74) is 4.32. The monoisotopic (exact) mass is 312 g/mol. The van der Waals surface area contributed by atoms with Crippen LogP contribution in [0, 0.1) is 0 Å². The summed E-state index contributed by atoms with van der Waals surface area (Å²) in [5, 5.41) is 3.36. The Morgan fingerprint density at radius 1 is 1.35 bits per heavy atom. The van der Waals surface area contributed by atoms with Gasteiger partial charge in [-0.15, -0.1) is 0 Å². The number of hydrogen-bond donors (Lipinski definition) is 1. The summed E-state index contributed by atoms with van der Waals surface area (Å²) < 4.78 is 5.23. The molecule has 1 atom stereocenters. The Bertz CT molecular complexity index is 649. The van der Waals surface area contributed by atoms with Crippen molar-refractivity contribution in [3.63, 3.8) is 0 Å². The van der Waals surface area contributed by atoms with Crippen molar-refractivity contribution in [3.8, 4) is 0 Å². The molecule has 0 bridgehead atoms. The van der Waals surface area contributed by atoms with Gasteiger partial charge in [0.15, 0.2) is 0 Å². The first-order chi connectivity index (χ1) is 11.3. The van der Waals surface area contributed by atoms with Crippen molar-refractivity contribution >= 4 is 17.3 Å². The predicted octanol–water partition coefficient (Wildman–Crippen LogP) is 3.65. The van der Waals surface area contributed by atoms with E-state index in [4.69, 9.17) is 4.74 Å². The highest BCUT2D eigenvalue weighted by molar-refractivity contribution is 5.94. The molecule has 0 aromatic heterocycles. The van der Waals surface area contributed by atoms with Crippen molar-refractivity contribution in [1.82, 2.24) is 0 Å². The molecule has 0 radical (unpaired) electrons. The molecule has 1 aromatic carbocycles. The maximum Gasteiger partial charge on any atom is 0.336 e. The number of ether oxygens (including phenoxy) is 1. The molecule has 3 rings (SSSR count). The number of unbranched alkanes of at least 4 members (excludes halogenated alkanes) is 2. The third-order valence-electron chi connectivity index (χ3n) is 4.53. The molecular formula is C19H24N2O2.